The fourth-order valence-corrected chi connectivity index (χ4v) is 2.25. The average Bonchev–Trinajstić information content (AvgIpc) is 2.61. The molecule has 0 unspecified atom stereocenters. The Morgan fingerprint density at radius 2 is 1.94 bits per heavy atom. The Balaban J connectivity index is 2.41. The lowest BCUT2D eigenvalue weighted by Gasteiger charge is -2.23. The maximum Gasteiger partial charge on any atom is 0.329 e. The van der Waals surface area contributed by atoms with Crippen LogP contribution in [0.15, 0.2) is 24.3 Å². The van der Waals surface area contributed by atoms with Crippen molar-refractivity contribution in [1.29, 1.82) is 0 Å². The third kappa shape index (κ3) is 1.72. The van der Waals surface area contributed by atoms with Gasteiger partial charge in [0.15, 0.2) is 0 Å². The van der Waals surface area contributed by atoms with Gasteiger partial charge in [-0.2, -0.15) is 0 Å². The standard InChI is InChI=1S/C13H17N3O2/c1-3-13(4-2)11(17)16(12(18)15-13)10-7-5-6-9(14)8-10/h5-8H,3-4,14H2,1-2H3,(H,15,18). The third-order valence-electron chi connectivity index (χ3n) is 3.50. The molecule has 0 saturated carbocycles. The molecule has 1 saturated heterocycles. The van der Waals surface area contributed by atoms with Gasteiger partial charge in [-0.25, -0.2) is 9.69 Å². The van der Waals surface area contributed by atoms with Crippen molar-refractivity contribution in [3.8, 4) is 0 Å². The minimum absolute atomic E-state index is 0.205. The molecule has 0 spiro atoms. The van der Waals surface area contributed by atoms with E-state index in [-0.39, 0.29) is 11.9 Å². The van der Waals surface area contributed by atoms with Crippen LogP contribution >= 0.6 is 0 Å². The summed E-state index contributed by atoms with van der Waals surface area (Å²) in [5.41, 5.74) is 5.95. The van der Waals surface area contributed by atoms with Crippen LogP contribution in [-0.2, 0) is 4.79 Å². The molecule has 1 aliphatic heterocycles. The van der Waals surface area contributed by atoms with Gasteiger partial charge < -0.3 is 11.1 Å². The van der Waals surface area contributed by atoms with E-state index in [1.54, 1.807) is 24.3 Å². The number of hydrogen-bond acceptors (Lipinski definition) is 3. The Morgan fingerprint density at radius 1 is 1.28 bits per heavy atom. The minimum atomic E-state index is -0.776. The lowest BCUT2D eigenvalue weighted by Crippen LogP contribution is -2.45. The predicted octanol–water partition coefficient (Wildman–Crippen LogP) is 1.88. The molecule has 0 bridgehead atoms. The second kappa shape index (κ2) is 4.33. The molecule has 5 nitrogen and oxygen atoms in total. The number of carbonyl (C=O) groups is 2. The van der Waals surface area contributed by atoms with E-state index < -0.39 is 5.54 Å². The quantitative estimate of drug-likeness (QED) is 0.632. The van der Waals surface area contributed by atoms with E-state index in [1.165, 1.54) is 4.90 Å². The Kier molecular flexibility index (Phi) is 2.98. The van der Waals surface area contributed by atoms with E-state index >= 15 is 0 Å². The number of amides is 3. The highest BCUT2D eigenvalue weighted by Crippen LogP contribution is 2.29. The molecular formula is C13H17N3O2. The van der Waals surface area contributed by atoms with E-state index in [0.29, 0.717) is 24.2 Å². The molecule has 1 aliphatic rings. The minimum Gasteiger partial charge on any atom is -0.399 e. The van der Waals surface area contributed by atoms with E-state index in [2.05, 4.69) is 5.32 Å². The lowest BCUT2D eigenvalue weighted by molar-refractivity contribution is -0.122. The van der Waals surface area contributed by atoms with Gasteiger partial charge >= 0.3 is 6.03 Å². The van der Waals surface area contributed by atoms with Crippen LogP contribution in [0.3, 0.4) is 0 Å². The van der Waals surface area contributed by atoms with Gasteiger partial charge in [0, 0.05) is 5.69 Å². The maximum atomic E-state index is 12.4. The molecule has 1 heterocycles. The first-order valence-corrected chi connectivity index (χ1v) is 6.06. The Bertz CT molecular complexity index is 495. The van der Waals surface area contributed by atoms with Crippen molar-refractivity contribution in [3.05, 3.63) is 24.3 Å². The van der Waals surface area contributed by atoms with Gasteiger partial charge in [-0.05, 0) is 31.0 Å². The van der Waals surface area contributed by atoms with Gasteiger partial charge in [0.05, 0.1) is 5.69 Å². The van der Waals surface area contributed by atoms with Gasteiger partial charge in [0.2, 0.25) is 0 Å². The highest BCUT2D eigenvalue weighted by atomic mass is 16.2. The summed E-state index contributed by atoms with van der Waals surface area (Å²) in [5.74, 6) is -0.205. The first kappa shape index (κ1) is 12.4. The van der Waals surface area contributed by atoms with Crippen molar-refractivity contribution in [2.45, 2.75) is 32.2 Å². The van der Waals surface area contributed by atoms with Crippen LogP contribution in [0.2, 0.25) is 0 Å². The maximum absolute atomic E-state index is 12.4. The zero-order chi connectivity index (χ0) is 13.3. The van der Waals surface area contributed by atoms with Crippen LogP contribution in [0.4, 0.5) is 16.2 Å². The second-order valence-electron chi connectivity index (χ2n) is 4.45. The molecular weight excluding hydrogens is 230 g/mol. The molecule has 1 aromatic carbocycles. The SMILES string of the molecule is CCC1(CC)NC(=O)N(c2cccc(N)c2)C1=O. The third-order valence-corrected chi connectivity index (χ3v) is 3.50. The largest absolute Gasteiger partial charge is 0.399 e. The highest BCUT2D eigenvalue weighted by Gasteiger charge is 2.49. The number of nitrogens with zero attached hydrogens (tertiary/aromatic N) is 1. The number of hydrogen-bond donors (Lipinski definition) is 2. The van der Waals surface area contributed by atoms with Crippen LogP contribution in [0.1, 0.15) is 26.7 Å². The van der Waals surface area contributed by atoms with Crippen LogP contribution in [0.25, 0.3) is 0 Å². The molecule has 0 aromatic heterocycles. The fraction of sp³-hybridized carbons (Fsp3) is 0.385. The highest BCUT2D eigenvalue weighted by molar-refractivity contribution is 6.23. The van der Waals surface area contributed by atoms with Crippen LogP contribution in [0.5, 0.6) is 0 Å². The number of nitrogen functional groups attached to an aromatic ring is 1. The molecule has 0 radical (unpaired) electrons. The molecule has 3 amide bonds. The summed E-state index contributed by atoms with van der Waals surface area (Å²) in [4.78, 5) is 25.6. The van der Waals surface area contributed by atoms with Crippen LogP contribution in [-0.4, -0.2) is 17.5 Å². The van der Waals surface area contributed by atoms with Crippen LogP contribution < -0.4 is 16.0 Å². The number of imide groups is 1. The molecule has 0 aliphatic carbocycles. The van der Waals surface area contributed by atoms with Crippen molar-refractivity contribution in [1.82, 2.24) is 5.32 Å². The van der Waals surface area contributed by atoms with Gasteiger partial charge in [-0.1, -0.05) is 19.9 Å². The first-order chi connectivity index (χ1) is 8.54. The van der Waals surface area contributed by atoms with E-state index in [9.17, 15) is 9.59 Å². The van der Waals surface area contributed by atoms with Gasteiger partial charge in [0.25, 0.3) is 5.91 Å². The summed E-state index contributed by atoms with van der Waals surface area (Å²) in [6.07, 6.45) is 1.15. The summed E-state index contributed by atoms with van der Waals surface area (Å²) >= 11 is 0. The lowest BCUT2D eigenvalue weighted by atomic mass is 9.93. The first-order valence-electron chi connectivity index (χ1n) is 6.06. The van der Waals surface area contributed by atoms with Gasteiger partial charge in [-0.3, -0.25) is 4.79 Å². The van der Waals surface area contributed by atoms with Crippen molar-refractivity contribution in [2.24, 2.45) is 0 Å². The number of rotatable bonds is 3. The summed E-state index contributed by atoms with van der Waals surface area (Å²) in [5, 5.41) is 2.78. The smallest absolute Gasteiger partial charge is 0.329 e. The van der Waals surface area contributed by atoms with Crippen molar-refractivity contribution >= 4 is 23.3 Å². The normalized spacial score (nSPS) is 18.0. The number of nitrogens with two attached hydrogens (primary N) is 1. The van der Waals surface area contributed by atoms with E-state index in [4.69, 9.17) is 5.73 Å². The number of benzene rings is 1. The molecule has 1 aromatic rings. The number of nitrogens with one attached hydrogen (secondary N) is 1. The monoisotopic (exact) mass is 247 g/mol. The summed E-state index contributed by atoms with van der Waals surface area (Å²) in [6.45, 7) is 3.79. The Labute approximate surface area is 106 Å². The second-order valence-corrected chi connectivity index (χ2v) is 4.45. The molecule has 0 atom stereocenters. The average molecular weight is 247 g/mol. The van der Waals surface area contributed by atoms with Crippen LogP contribution in [0, 0.1) is 0 Å². The van der Waals surface area contributed by atoms with E-state index in [1.807, 2.05) is 13.8 Å². The van der Waals surface area contributed by atoms with E-state index in [0.717, 1.165) is 0 Å². The summed E-state index contributed by atoms with van der Waals surface area (Å²) in [7, 11) is 0. The zero-order valence-corrected chi connectivity index (χ0v) is 10.6. The van der Waals surface area contributed by atoms with Gasteiger partial charge in [-0.15, -0.1) is 0 Å². The Morgan fingerprint density at radius 3 is 2.44 bits per heavy atom. The Hall–Kier alpha value is -2.04. The molecule has 1 fully saturated rings. The zero-order valence-electron chi connectivity index (χ0n) is 10.6. The molecule has 96 valence electrons. The van der Waals surface area contributed by atoms with Crippen molar-refractivity contribution in [3.63, 3.8) is 0 Å². The van der Waals surface area contributed by atoms with Gasteiger partial charge in [0.1, 0.15) is 5.54 Å². The molecule has 5 heteroatoms. The topological polar surface area (TPSA) is 75.4 Å². The number of urea groups is 1. The summed E-state index contributed by atoms with van der Waals surface area (Å²) < 4.78 is 0. The van der Waals surface area contributed by atoms with Crippen molar-refractivity contribution < 1.29 is 9.59 Å². The number of anilines is 2. The van der Waals surface area contributed by atoms with Crippen molar-refractivity contribution in [2.75, 3.05) is 10.6 Å². The molecule has 18 heavy (non-hydrogen) atoms. The summed E-state index contributed by atoms with van der Waals surface area (Å²) in [6, 6.07) is 6.39. The molecule has 2 rings (SSSR count). The molecule has 3 N–H and O–H groups in total. The predicted molar refractivity (Wildman–Crippen MR) is 70.2 cm³/mol. The fourth-order valence-electron chi connectivity index (χ4n) is 2.25. The number of carbonyl (C=O) groups excluding carboxylic acids is 2.